The minimum atomic E-state index is -0.422. The molecule has 0 unspecified atom stereocenters. The van der Waals surface area contributed by atoms with Crippen molar-refractivity contribution in [3.05, 3.63) is 12.2 Å². The van der Waals surface area contributed by atoms with Gasteiger partial charge in [-0.3, -0.25) is 10.1 Å². The third kappa shape index (κ3) is 1.89. The van der Waals surface area contributed by atoms with E-state index in [1.54, 1.807) is 6.08 Å². The molecule has 0 aromatic heterocycles. The van der Waals surface area contributed by atoms with Gasteiger partial charge in [-0.2, -0.15) is 0 Å². The number of carbonyl (C=O) groups is 2. The minimum Gasteiger partial charge on any atom is -0.337 e. The van der Waals surface area contributed by atoms with Crippen molar-refractivity contribution < 1.29 is 9.59 Å². The van der Waals surface area contributed by atoms with Crippen LogP contribution in [0.3, 0.4) is 0 Å². The van der Waals surface area contributed by atoms with Crippen molar-refractivity contribution >= 4 is 11.9 Å². The number of hydrogen-bond acceptors (Lipinski definition) is 2. The van der Waals surface area contributed by atoms with Crippen LogP contribution in [0.4, 0.5) is 4.79 Å². The highest BCUT2D eigenvalue weighted by Crippen LogP contribution is 1.84. The number of hydrogen-bond donors (Lipinski definition) is 2. The second-order valence-corrected chi connectivity index (χ2v) is 1.94. The van der Waals surface area contributed by atoms with Gasteiger partial charge < -0.3 is 5.32 Å². The van der Waals surface area contributed by atoms with E-state index in [0.717, 1.165) is 0 Å². The van der Waals surface area contributed by atoms with Crippen molar-refractivity contribution in [1.82, 2.24) is 10.6 Å². The molecule has 0 saturated carbocycles. The molecule has 0 aromatic carbocycles. The highest BCUT2D eigenvalue weighted by molar-refractivity contribution is 6.00. The lowest BCUT2D eigenvalue weighted by Gasteiger charge is -2.05. The Bertz CT molecular complexity index is 186. The molecule has 0 atom stereocenters. The van der Waals surface area contributed by atoms with E-state index < -0.39 is 6.03 Å². The van der Waals surface area contributed by atoms with Crippen LogP contribution in [0.1, 0.15) is 6.42 Å². The first-order valence-corrected chi connectivity index (χ1v) is 3.04. The van der Waals surface area contributed by atoms with Crippen LogP contribution in [0.5, 0.6) is 0 Å². The molecule has 1 aliphatic rings. The quantitative estimate of drug-likeness (QED) is 0.488. The molecule has 0 bridgehead atoms. The van der Waals surface area contributed by atoms with E-state index in [-0.39, 0.29) is 5.91 Å². The van der Waals surface area contributed by atoms with Crippen LogP contribution in [-0.4, -0.2) is 18.5 Å². The zero-order valence-corrected chi connectivity index (χ0v) is 5.39. The van der Waals surface area contributed by atoms with Gasteiger partial charge in [-0.05, 0) is 12.5 Å². The molecular weight excluding hydrogens is 132 g/mol. The predicted octanol–water partition coefficient (Wildman–Crippen LogP) is -0.228. The molecule has 0 aromatic rings. The molecule has 0 radical (unpaired) electrons. The maximum atomic E-state index is 10.6. The Hall–Kier alpha value is -1.32. The third-order valence-electron chi connectivity index (χ3n) is 1.10. The van der Waals surface area contributed by atoms with Crippen LogP contribution < -0.4 is 10.6 Å². The second-order valence-electron chi connectivity index (χ2n) is 1.94. The standard InChI is InChI=1S/C6H8N2O2/c9-5-3-1-2-4-7-6(10)8-5/h1,3H,2,4H2,(H2,7,8,9,10). The second kappa shape index (κ2) is 3.00. The summed E-state index contributed by atoms with van der Waals surface area (Å²) in [6, 6.07) is -0.422. The fourth-order valence-corrected chi connectivity index (χ4v) is 0.657. The summed E-state index contributed by atoms with van der Waals surface area (Å²) < 4.78 is 0. The summed E-state index contributed by atoms with van der Waals surface area (Å²) in [4.78, 5) is 21.2. The summed E-state index contributed by atoms with van der Waals surface area (Å²) in [5.74, 6) is -0.364. The number of amides is 3. The summed E-state index contributed by atoms with van der Waals surface area (Å²) in [7, 11) is 0. The zero-order valence-electron chi connectivity index (χ0n) is 5.39. The zero-order chi connectivity index (χ0) is 7.40. The largest absolute Gasteiger partial charge is 0.337 e. The van der Waals surface area contributed by atoms with E-state index >= 15 is 0 Å². The first kappa shape index (κ1) is 6.80. The molecule has 4 nitrogen and oxygen atoms in total. The Morgan fingerprint density at radius 2 is 2.20 bits per heavy atom. The van der Waals surface area contributed by atoms with Crippen LogP contribution in [0.15, 0.2) is 12.2 Å². The van der Waals surface area contributed by atoms with Crippen molar-refractivity contribution in [3.63, 3.8) is 0 Å². The normalized spacial score (nSPS) is 18.8. The van der Waals surface area contributed by atoms with Gasteiger partial charge >= 0.3 is 6.03 Å². The van der Waals surface area contributed by atoms with Gasteiger partial charge in [0.15, 0.2) is 0 Å². The Kier molecular flexibility index (Phi) is 2.04. The average Bonchev–Trinajstić information content (AvgIpc) is 1.83. The van der Waals surface area contributed by atoms with Crippen molar-refractivity contribution in [2.24, 2.45) is 0 Å². The van der Waals surface area contributed by atoms with Crippen molar-refractivity contribution in [3.8, 4) is 0 Å². The molecule has 3 amide bonds. The topological polar surface area (TPSA) is 58.2 Å². The molecule has 1 rings (SSSR count). The molecule has 4 heteroatoms. The van der Waals surface area contributed by atoms with Crippen LogP contribution in [0, 0.1) is 0 Å². The number of rotatable bonds is 0. The summed E-state index contributed by atoms with van der Waals surface area (Å²) in [5.41, 5.74) is 0. The Labute approximate surface area is 58.3 Å². The van der Waals surface area contributed by atoms with E-state index in [4.69, 9.17) is 0 Å². The summed E-state index contributed by atoms with van der Waals surface area (Å²) in [5, 5.41) is 4.60. The van der Waals surface area contributed by atoms with Gasteiger partial charge in [-0.15, -0.1) is 0 Å². The van der Waals surface area contributed by atoms with Crippen molar-refractivity contribution in [1.29, 1.82) is 0 Å². The Balaban J connectivity index is 2.56. The smallest absolute Gasteiger partial charge is 0.321 e. The van der Waals surface area contributed by atoms with Crippen LogP contribution in [0.2, 0.25) is 0 Å². The summed E-state index contributed by atoms with van der Waals surface area (Å²) in [6.07, 6.45) is 3.78. The molecule has 1 heterocycles. The molecule has 2 N–H and O–H groups in total. The van der Waals surface area contributed by atoms with Crippen LogP contribution >= 0.6 is 0 Å². The molecule has 0 spiro atoms. The molecule has 0 fully saturated rings. The predicted molar refractivity (Wildman–Crippen MR) is 35.3 cm³/mol. The van der Waals surface area contributed by atoms with E-state index in [9.17, 15) is 9.59 Å². The number of nitrogens with one attached hydrogen (secondary N) is 2. The SMILES string of the molecule is O=C1C=CCCNC(=O)N1. The van der Waals surface area contributed by atoms with Gasteiger partial charge in [0, 0.05) is 6.54 Å². The monoisotopic (exact) mass is 140 g/mol. The molecule has 0 saturated heterocycles. The lowest BCUT2D eigenvalue weighted by Crippen LogP contribution is -2.39. The van der Waals surface area contributed by atoms with Gasteiger partial charge in [-0.1, -0.05) is 6.08 Å². The lowest BCUT2D eigenvalue weighted by atomic mass is 10.3. The number of carbonyl (C=O) groups excluding carboxylic acids is 2. The molecule has 0 aliphatic carbocycles. The summed E-state index contributed by atoms with van der Waals surface area (Å²) >= 11 is 0. The van der Waals surface area contributed by atoms with Gasteiger partial charge in [0.2, 0.25) is 0 Å². The van der Waals surface area contributed by atoms with Crippen LogP contribution in [0.25, 0.3) is 0 Å². The maximum Gasteiger partial charge on any atom is 0.321 e. The summed E-state index contributed by atoms with van der Waals surface area (Å²) in [6.45, 7) is 0.579. The minimum absolute atomic E-state index is 0.364. The van der Waals surface area contributed by atoms with Crippen LogP contribution in [-0.2, 0) is 4.79 Å². The number of urea groups is 1. The van der Waals surface area contributed by atoms with Gasteiger partial charge in [0.05, 0.1) is 0 Å². The third-order valence-corrected chi connectivity index (χ3v) is 1.10. The van der Waals surface area contributed by atoms with Gasteiger partial charge in [0.1, 0.15) is 0 Å². The van der Waals surface area contributed by atoms with E-state index in [1.165, 1.54) is 6.08 Å². The first-order chi connectivity index (χ1) is 4.79. The first-order valence-electron chi connectivity index (χ1n) is 3.04. The van der Waals surface area contributed by atoms with Gasteiger partial charge in [-0.25, -0.2) is 4.79 Å². The van der Waals surface area contributed by atoms with Gasteiger partial charge in [0.25, 0.3) is 5.91 Å². The highest BCUT2D eigenvalue weighted by Gasteiger charge is 2.04. The average molecular weight is 140 g/mol. The molecule has 1 aliphatic heterocycles. The van der Waals surface area contributed by atoms with Crippen molar-refractivity contribution in [2.75, 3.05) is 6.54 Å². The Morgan fingerprint density at radius 3 is 3.00 bits per heavy atom. The fourth-order valence-electron chi connectivity index (χ4n) is 0.657. The maximum absolute atomic E-state index is 10.6. The van der Waals surface area contributed by atoms with E-state index in [0.29, 0.717) is 13.0 Å². The molecule has 54 valence electrons. The van der Waals surface area contributed by atoms with E-state index in [1.807, 2.05) is 0 Å². The fraction of sp³-hybridized carbons (Fsp3) is 0.333. The molecular formula is C6H8N2O2. The Morgan fingerprint density at radius 1 is 1.40 bits per heavy atom. The molecule has 10 heavy (non-hydrogen) atoms. The highest BCUT2D eigenvalue weighted by atomic mass is 16.2. The van der Waals surface area contributed by atoms with Crippen molar-refractivity contribution in [2.45, 2.75) is 6.42 Å². The van der Waals surface area contributed by atoms with E-state index in [2.05, 4.69) is 10.6 Å². The lowest BCUT2D eigenvalue weighted by molar-refractivity contribution is -0.115. The number of imide groups is 1.